The van der Waals surface area contributed by atoms with Crippen LogP contribution in [-0.4, -0.2) is 69.4 Å². The summed E-state index contributed by atoms with van der Waals surface area (Å²) in [6, 6.07) is 0. The number of aliphatic hydroxyl groups excluding tert-OH is 3. The summed E-state index contributed by atoms with van der Waals surface area (Å²) in [4.78, 5) is 3.60. The third-order valence-electron chi connectivity index (χ3n) is 3.01. The molecule has 3 unspecified atom stereocenters. The number of rotatable bonds is 2. The van der Waals surface area contributed by atoms with Gasteiger partial charge in [-0.3, -0.25) is 0 Å². The molecule has 2 aliphatic heterocycles. The predicted molar refractivity (Wildman–Crippen MR) is 67.0 cm³/mol. The van der Waals surface area contributed by atoms with Crippen LogP contribution >= 0.6 is 0 Å². The van der Waals surface area contributed by atoms with Crippen LogP contribution in [0.25, 0.3) is 0 Å². The lowest BCUT2D eigenvalue weighted by Gasteiger charge is -2.33. The average molecular weight is 286 g/mol. The van der Waals surface area contributed by atoms with Gasteiger partial charge in [0.2, 0.25) is 12.0 Å². The Labute approximate surface area is 114 Å². The van der Waals surface area contributed by atoms with Crippen LogP contribution in [0.5, 0.6) is 0 Å². The molecule has 0 bridgehead atoms. The second kappa shape index (κ2) is 5.34. The zero-order valence-electron chi connectivity index (χ0n) is 10.6. The van der Waals surface area contributed by atoms with Gasteiger partial charge in [-0.15, -0.1) is 5.92 Å². The Morgan fingerprint density at radius 2 is 2.30 bits per heavy atom. The molecule has 0 spiro atoms. The fraction of sp³-hybridized carbons (Fsp3) is 0.636. The molecule has 1 fully saturated rings. The lowest BCUT2D eigenvalue weighted by atomic mass is 9.96. The van der Waals surface area contributed by atoms with Crippen LogP contribution in [-0.2, 0) is 4.74 Å². The van der Waals surface area contributed by atoms with Crippen molar-refractivity contribution in [1.29, 1.82) is 0 Å². The summed E-state index contributed by atoms with van der Waals surface area (Å²) in [6.07, 6.45) is -4.85. The highest BCUT2D eigenvalue weighted by Gasteiger charge is 2.60. The van der Waals surface area contributed by atoms with Crippen molar-refractivity contribution < 1.29 is 24.4 Å². The minimum absolute atomic E-state index is 0.0305. The summed E-state index contributed by atoms with van der Waals surface area (Å²) in [5.74, 6) is 4.52. The number of hydrogen-bond donors (Lipinski definition) is 4. The van der Waals surface area contributed by atoms with E-state index in [4.69, 9.17) is 15.6 Å². The van der Waals surface area contributed by atoms with Gasteiger partial charge in [-0.2, -0.15) is 5.10 Å². The van der Waals surface area contributed by atoms with Gasteiger partial charge in [0.15, 0.2) is 6.23 Å². The number of hydrazone groups is 1. The largest absolute Gasteiger partial charge is 0.394 e. The van der Waals surface area contributed by atoms with Gasteiger partial charge in [-0.1, -0.05) is 5.92 Å². The summed E-state index contributed by atoms with van der Waals surface area (Å²) in [5.41, 5.74) is 2.83. The summed E-state index contributed by atoms with van der Waals surface area (Å²) >= 11 is 0. The van der Waals surface area contributed by atoms with E-state index >= 15 is 0 Å². The third kappa shape index (κ3) is 2.23. The van der Waals surface area contributed by atoms with E-state index in [2.05, 4.69) is 21.9 Å². The highest BCUT2D eigenvalue weighted by atomic mass is 19.1. The highest BCUT2D eigenvalue weighted by Crippen LogP contribution is 2.37. The molecule has 2 heterocycles. The van der Waals surface area contributed by atoms with Crippen molar-refractivity contribution >= 4 is 12.1 Å². The van der Waals surface area contributed by atoms with E-state index in [-0.39, 0.29) is 5.84 Å². The first kappa shape index (κ1) is 14.7. The van der Waals surface area contributed by atoms with E-state index in [1.807, 2.05) is 0 Å². The maximum Gasteiger partial charge on any atom is 0.245 e. The average Bonchev–Trinajstić information content (AvgIpc) is 2.63. The van der Waals surface area contributed by atoms with Gasteiger partial charge in [-0.25, -0.2) is 14.4 Å². The molecule has 8 nitrogen and oxygen atoms in total. The minimum atomic E-state index is -2.53. The lowest BCUT2D eigenvalue weighted by Crippen LogP contribution is -2.53. The molecule has 20 heavy (non-hydrogen) atoms. The van der Waals surface area contributed by atoms with Gasteiger partial charge in [0.25, 0.3) is 0 Å². The Hall–Kier alpha value is -1.73. The van der Waals surface area contributed by atoms with Crippen molar-refractivity contribution in [3.05, 3.63) is 0 Å². The molecule has 0 aliphatic carbocycles. The van der Waals surface area contributed by atoms with Gasteiger partial charge < -0.3 is 25.8 Å². The summed E-state index contributed by atoms with van der Waals surface area (Å²) in [7, 11) is 0. The second-order valence-electron chi connectivity index (χ2n) is 4.32. The molecular weight excluding hydrogens is 271 g/mol. The van der Waals surface area contributed by atoms with Crippen molar-refractivity contribution in [3.8, 4) is 11.8 Å². The Morgan fingerprint density at radius 1 is 1.60 bits per heavy atom. The van der Waals surface area contributed by atoms with E-state index in [0.29, 0.717) is 0 Å². The molecule has 9 heteroatoms. The molecule has 5 N–H and O–H groups in total. The lowest BCUT2D eigenvalue weighted by molar-refractivity contribution is -0.153. The number of halogens is 1. The summed E-state index contributed by atoms with van der Waals surface area (Å²) in [6.45, 7) is 0.789. The van der Waals surface area contributed by atoms with Crippen molar-refractivity contribution in [3.63, 3.8) is 0 Å². The first-order valence-electron chi connectivity index (χ1n) is 5.85. The first-order valence-corrected chi connectivity index (χ1v) is 5.85. The van der Waals surface area contributed by atoms with Gasteiger partial charge in [0.05, 0.1) is 12.8 Å². The number of ether oxygens (including phenoxy) is 1. The van der Waals surface area contributed by atoms with Gasteiger partial charge in [0.1, 0.15) is 18.0 Å². The van der Waals surface area contributed by atoms with Crippen LogP contribution in [0.1, 0.15) is 6.92 Å². The van der Waals surface area contributed by atoms with Crippen LogP contribution in [0.4, 0.5) is 4.39 Å². The summed E-state index contributed by atoms with van der Waals surface area (Å²) in [5, 5.41) is 33.3. The van der Waals surface area contributed by atoms with Crippen molar-refractivity contribution in [2.24, 2.45) is 15.8 Å². The molecule has 0 radical (unpaired) electrons. The quantitative estimate of drug-likeness (QED) is 0.424. The summed E-state index contributed by atoms with van der Waals surface area (Å²) < 4.78 is 20.1. The van der Waals surface area contributed by atoms with Crippen LogP contribution in [0.3, 0.4) is 0 Å². The molecule has 0 aromatic rings. The van der Waals surface area contributed by atoms with Crippen molar-refractivity contribution in [2.45, 2.75) is 37.4 Å². The molecule has 1 saturated heterocycles. The molecule has 0 saturated carbocycles. The number of hydrogen-bond acceptors (Lipinski definition) is 8. The van der Waals surface area contributed by atoms with Gasteiger partial charge in [0, 0.05) is 0 Å². The highest BCUT2D eigenvalue weighted by molar-refractivity contribution is 6.28. The maximum atomic E-state index is 14.9. The third-order valence-corrected chi connectivity index (χ3v) is 3.01. The van der Waals surface area contributed by atoms with E-state index in [0.717, 1.165) is 11.2 Å². The number of alkyl halides is 1. The van der Waals surface area contributed by atoms with E-state index < -0.39 is 37.1 Å². The molecule has 2 aliphatic rings. The van der Waals surface area contributed by atoms with E-state index in [1.165, 1.54) is 6.92 Å². The fourth-order valence-corrected chi connectivity index (χ4v) is 2.07. The molecule has 110 valence electrons. The number of nitrogens with two attached hydrogens (primary N) is 1. The molecule has 0 aromatic carbocycles. The molecule has 0 amide bonds. The monoisotopic (exact) mass is 286 g/mol. The number of aliphatic hydroxyl groups is 3. The topological polar surface area (TPSA) is 124 Å². The minimum Gasteiger partial charge on any atom is -0.394 e. The number of aliphatic imine (C=N–C) groups is 1. The number of amidine groups is 1. The van der Waals surface area contributed by atoms with Crippen molar-refractivity contribution in [1.82, 2.24) is 5.01 Å². The van der Waals surface area contributed by atoms with E-state index in [9.17, 15) is 14.6 Å². The van der Waals surface area contributed by atoms with Crippen LogP contribution in [0.15, 0.2) is 10.1 Å². The Morgan fingerprint density at radius 3 is 2.85 bits per heavy atom. The number of nitrogens with zero attached hydrogens (tertiary/aromatic N) is 3. The van der Waals surface area contributed by atoms with E-state index in [1.54, 1.807) is 0 Å². The molecule has 5 atom stereocenters. The second-order valence-corrected chi connectivity index (χ2v) is 4.32. The van der Waals surface area contributed by atoms with Crippen LogP contribution < -0.4 is 5.73 Å². The molecular formula is C11H15FN4O4. The first-order chi connectivity index (χ1) is 9.43. The fourth-order valence-electron chi connectivity index (χ4n) is 2.07. The molecule has 2 rings (SSSR count). The Bertz CT molecular complexity index is 502. The zero-order valence-corrected chi connectivity index (χ0v) is 10.6. The predicted octanol–water partition coefficient (Wildman–Crippen LogP) is -2.27. The van der Waals surface area contributed by atoms with Crippen LogP contribution in [0.2, 0.25) is 0 Å². The standard InChI is InChI=1S/C11H15FN4O4/c1-2-3-11(12)8(18)6(5-17)20-9(11)16-10(19)15-7(13)4-14-16/h4,6,8-10,17-19H,5H2,1H3,(H2,13,15)/t6-,8?,9-,10?,11?/m1/s1. The SMILES string of the molecule is CC#CC1(F)C(O)[C@@H](CO)O[C@H]1N1N=CC(N)=NC1O. The van der Waals surface area contributed by atoms with Gasteiger partial charge in [-0.05, 0) is 6.92 Å². The smallest absolute Gasteiger partial charge is 0.245 e. The zero-order chi connectivity index (χ0) is 14.9. The van der Waals surface area contributed by atoms with Crippen molar-refractivity contribution in [2.75, 3.05) is 6.61 Å². The normalized spacial score (nSPS) is 40.2. The van der Waals surface area contributed by atoms with Crippen LogP contribution in [0, 0.1) is 11.8 Å². The Kier molecular flexibility index (Phi) is 3.92. The Balaban J connectivity index is 2.34. The van der Waals surface area contributed by atoms with Gasteiger partial charge >= 0.3 is 0 Å². The molecule has 0 aromatic heterocycles. The maximum absolute atomic E-state index is 14.9.